The lowest BCUT2D eigenvalue weighted by Crippen LogP contribution is -2.15. The summed E-state index contributed by atoms with van der Waals surface area (Å²) >= 11 is 0. The molecular weight excluding hydrogens is 284 g/mol. The number of anilines is 2. The lowest BCUT2D eigenvalue weighted by molar-refractivity contribution is -0.384. The molecule has 3 N–H and O–H groups in total. The molecule has 104 valence electrons. The molecule has 0 unspecified atom stereocenters. The van der Waals surface area contributed by atoms with Gasteiger partial charge in [0.2, 0.25) is 0 Å². The lowest BCUT2D eigenvalue weighted by Gasteiger charge is -2.09. The Bertz CT molecular complexity index is 746. The zero-order valence-electron chi connectivity index (χ0n) is 10.1. The second-order valence-electron chi connectivity index (χ2n) is 3.83. The fraction of sp³-hybridized carbons (Fsp3) is 0. The van der Waals surface area contributed by atoms with Gasteiger partial charge in [0.05, 0.1) is 22.5 Å². The predicted octanol–water partition coefficient (Wildman–Crippen LogP) is 1.37. The Labute approximate surface area is 114 Å². The number of nitro groups is 1. The Morgan fingerprint density at radius 3 is 2.60 bits per heavy atom. The number of nitrogens with one attached hydrogen (secondary N) is 1. The quantitative estimate of drug-likeness (QED) is 0.498. The maximum absolute atomic E-state index is 12.1. The van der Waals surface area contributed by atoms with Gasteiger partial charge in [-0.1, -0.05) is 0 Å². The summed E-state index contributed by atoms with van der Waals surface area (Å²) in [7, 11) is -3.92. The predicted molar refractivity (Wildman–Crippen MR) is 72.6 cm³/mol. The van der Waals surface area contributed by atoms with Gasteiger partial charge >= 0.3 is 0 Å². The number of nitro benzene ring substituents is 1. The smallest absolute Gasteiger partial charge is 0.271 e. The van der Waals surface area contributed by atoms with E-state index in [9.17, 15) is 18.5 Å². The van der Waals surface area contributed by atoms with Gasteiger partial charge in [0.25, 0.3) is 15.7 Å². The number of nitrogen functional groups attached to an aromatic ring is 1. The second kappa shape index (κ2) is 5.13. The monoisotopic (exact) mass is 294 g/mol. The third-order valence-electron chi connectivity index (χ3n) is 2.41. The van der Waals surface area contributed by atoms with Crippen molar-refractivity contribution in [3.05, 3.63) is 52.8 Å². The molecule has 0 spiro atoms. The zero-order chi connectivity index (χ0) is 14.8. The van der Waals surface area contributed by atoms with Gasteiger partial charge in [-0.25, -0.2) is 8.42 Å². The third-order valence-corrected chi connectivity index (χ3v) is 3.86. The number of nitrogens with two attached hydrogens (primary N) is 1. The molecule has 2 rings (SSSR count). The number of rotatable bonds is 4. The van der Waals surface area contributed by atoms with Crippen LogP contribution in [0.1, 0.15) is 0 Å². The van der Waals surface area contributed by atoms with Crippen LogP contribution in [0.2, 0.25) is 0 Å². The van der Waals surface area contributed by atoms with Crippen LogP contribution < -0.4 is 10.5 Å². The van der Waals surface area contributed by atoms with Crippen LogP contribution in [-0.2, 0) is 10.0 Å². The van der Waals surface area contributed by atoms with E-state index in [2.05, 4.69) is 9.71 Å². The number of benzene rings is 1. The SMILES string of the molecule is Nc1cc([N+](=O)[O-])ccc1S(=O)(=O)Nc1cccnc1. The van der Waals surface area contributed by atoms with Gasteiger partial charge in [-0.3, -0.25) is 19.8 Å². The molecule has 0 aliphatic carbocycles. The van der Waals surface area contributed by atoms with Crippen LogP contribution in [-0.4, -0.2) is 18.3 Å². The van der Waals surface area contributed by atoms with Crippen molar-refractivity contribution in [3.63, 3.8) is 0 Å². The van der Waals surface area contributed by atoms with Crippen LogP contribution >= 0.6 is 0 Å². The fourth-order valence-corrected chi connectivity index (χ4v) is 2.68. The Hall–Kier alpha value is -2.68. The number of pyridine rings is 1. The van der Waals surface area contributed by atoms with Crippen molar-refractivity contribution in [1.82, 2.24) is 4.98 Å². The molecule has 1 aromatic heterocycles. The minimum Gasteiger partial charge on any atom is -0.397 e. The average Bonchev–Trinajstić information content (AvgIpc) is 2.38. The number of hydrogen-bond acceptors (Lipinski definition) is 6. The first kappa shape index (κ1) is 13.7. The van der Waals surface area contributed by atoms with Crippen molar-refractivity contribution in [1.29, 1.82) is 0 Å². The first-order valence-electron chi connectivity index (χ1n) is 5.37. The summed E-state index contributed by atoms with van der Waals surface area (Å²) in [6, 6.07) is 6.25. The molecular formula is C11H10N4O4S. The summed E-state index contributed by atoms with van der Waals surface area (Å²) in [5, 5.41) is 10.6. The van der Waals surface area contributed by atoms with E-state index in [1.165, 1.54) is 18.5 Å². The van der Waals surface area contributed by atoms with Crippen LogP contribution in [0.5, 0.6) is 0 Å². The maximum atomic E-state index is 12.1. The lowest BCUT2D eigenvalue weighted by atomic mass is 10.3. The highest BCUT2D eigenvalue weighted by molar-refractivity contribution is 7.92. The molecule has 0 bridgehead atoms. The van der Waals surface area contributed by atoms with Crippen molar-refractivity contribution in [2.45, 2.75) is 4.90 Å². The molecule has 9 heteroatoms. The van der Waals surface area contributed by atoms with E-state index in [4.69, 9.17) is 5.73 Å². The Kier molecular flexibility index (Phi) is 3.53. The van der Waals surface area contributed by atoms with Crippen molar-refractivity contribution >= 4 is 27.1 Å². The van der Waals surface area contributed by atoms with Crippen LogP contribution in [0.15, 0.2) is 47.6 Å². The number of sulfonamides is 1. The summed E-state index contributed by atoms with van der Waals surface area (Å²) in [6.07, 6.45) is 2.83. The number of non-ortho nitro benzene ring substituents is 1. The molecule has 0 aliphatic rings. The maximum Gasteiger partial charge on any atom is 0.271 e. The van der Waals surface area contributed by atoms with Crippen molar-refractivity contribution in [2.24, 2.45) is 0 Å². The second-order valence-corrected chi connectivity index (χ2v) is 5.48. The van der Waals surface area contributed by atoms with Crippen LogP contribution in [0.4, 0.5) is 17.1 Å². The fourth-order valence-electron chi connectivity index (χ4n) is 1.53. The zero-order valence-corrected chi connectivity index (χ0v) is 10.9. The summed E-state index contributed by atoms with van der Waals surface area (Å²) in [4.78, 5) is 13.5. The van der Waals surface area contributed by atoms with Gasteiger partial charge in [0.15, 0.2) is 0 Å². The van der Waals surface area contributed by atoms with Crippen LogP contribution in [0.25, 0.3) is 0 Å². The number of nitrogens with zero attached hydrogens (tertiary/aromatic N) is 2. The summed E-state index contributed by atoms with van der Waals surface area (Å²) in [5.41, 5.74) is 5.35. The molecule has 0 aliphatic heterocycles. The standard InChI is InChI=1S/C11H10N4O4S/c12-10-6-9(15(16)17)3-4-11(10)20(18,19)14-8-2-1-5-13-7-8/h1-7,14H,12H2. The van der Waals surface area contributed by atoms with E-state index in [1.807, 2.05) is 0 Å². The largest absolute Gasteiger partial charge is 0.397 e. The molecule has 8 nitrogen and oxygen atoms in total. The minimum atomic E-state index is -3.92. The molecule has 1 aromatic carbocycles. The van der Waals surface area contributed by atoms with Gasteiger partial charge in [0, 0.05) is 18.3 Å². The van der Waals surface area contributed by atoms with Crippen molar-refractivity contribution < 1.29 is 13.3 Å². The molecule has 2 aromatic rings. The molecule has 0 radical (unpaired) electrons. The first-order valence-corrected chi connectivity index (χ1v) is 6.85. The highest BCUT2D eigenvalue weighted by atomic mass is 32.2. The summed E-state index contributed by atoms with van der Waals surface area (Å²) in [5.74, 6) is 0. The minimum absolute atomic E-state index is 0.199. The Morgan fingerprint density at radius 2 is 2.05 bits per heavy atom. The Morgan fingerprint density at radius 1 is 1.30 bits per heavy atom. The van der Waals surface area contributed by atoms with Crippen molar-refractivity contribution in [3.8, 4) is 0 Å². The van der Waals surface area contributed by atoms with Crippen LogP contribution in [0, 0.1) is 10.1 Å². The summed E-state index contributed by atoms with van der Waals surface area (Å²) < 4.78 is 26.5. The molecule has 0 fully saturated rings. The van der Waals surface area contributed by atoms with Gasteiger partial charge in [-0.15, -0.1) is 0 Å². The molecule has 0 saturated carbocycles. The van der Waals surface area contributed by atoms with E-state index in [-0.39, 0.29) is 22.0 Å². The number of hydrogen-bond donors (Lipinski definition) is 2. The average molecular weight is 294 g/mol. The topological polar surface area (TPSA) is 128 Å². The van der Waals surface area contributed by atoms with E-state index in [1.54, 1.807) is 6.07 Å². The molecule has 0 amide bonds. The first-order chi connectivity index (χ1) is 9.40. The third kappa shape index (κ3) is 2.83. The molecule has 20 heavy (non-hydrogen) atoms. The van der Waals surface area contributed by atoms with Crippen molar-refractivity contribution in [2.75, 3.05) is 10.5 Å². The van der Waals surface area contributed by atoms with E-state index >= 15 is 0 Å². The van der Waals surface area contributed by atoms with Gasteiger partial charge in [0.1, 0.15) is 4.90 Å². The van der Waals surface area contributed by atoms with E-state index in [0.29, 0.717) is 0 Å². The summed E-state index contributed by atoms with van der Waals surface area (Å²) in [6.45, 7) is 0. The van der Waals surface area contributed by atoms with Gasteiger partial charge < -0.3 is 5.73 Å². The highest BCUT2D eigenvalue weighted by Gasteiger charge is 2.20. The highest BCUT2D eigenvalue weighted by Crippen LogP contribution is 2.25. The normalized spacial score (nSPS) is 11.0. The van der Waals surface area contributed by atoms with Gasteiger partial charge in [-0.05, 0) is 18.2 Å². The number of aromatic nitrogens is 1. The Balaban J connectivity index is 2.37. The molecule has 1 heterocycles. The molecule has 0 atom stereocenters. The van der Waals surface area contributed by atoms with Crippen LogP contribution in [0.3, 0.4) is 0 Å². The van der Waals surface area contributed by atoms with E-state index < -0.39 is 14.9 Å². The van der Waals surface area contributed by atoms with Gasteiger partial charge in [-0.2, -0.15) is 0 Å². The van der Waals surface area contributed by atoms with E-state index in [0.717, 1.165) is 18.2 Å². The molecule has 0 saturated heterocycles.